The summed E-state index contributed by atoms with van der Waals surface area (Å²) >= 11 is 0. The smallest absolute Gasteiger partial charge is 0.227 e. The number of piperidine rings is 1. The van der Waals surface area contributed by atoms with E-state index in [9.17, 15) is 4.79 Å². The van der Waals surface area contributed by atoms with E-state index in [1.54, 1.807) is 11.0 Å². The zero-order valence-electron chi connectivity index (χ0n) is 17.1. The number of hydrogen-bond donors (Lipinski definition) is 0. The van der Waals surface area contributed by atoms with E-state index in [4.69, 9.17) is 9.84 Å². The third kappa shape index (κ3) is 3.41. The molecule has 0 saturated carbocycles. The second kappa shape index (κ2) is 7.68. The van der Waals surface area contributed by atoms with Crippen LogP contribution < -0.4 is 0 Å². The van der Waals surface area contributed by atoms with Crippen LogP contribution in [0.15, 0.2) is 49.2 Å². The lowest BCUT2D eigenvalue weighted by Gasteiger charge is -2.43. The van der Waals surface area contributed by atoms with Crippen molar-refractivity contribution in [3.8, 4) is 5.69 Å². The monoisotopic (exact) mass is 406 g/mol. The summed E-state index contributed by atoms with van der Waals surface area (Å²) < 4.78 is 9.99. The Balaban J connectivity index is 1.30. The average Bonchev–Trinajstić information content (AvgIpc) is 3.45. The summed E-state index contributed by atoms with van der Waals surface area (Å²) in [6.07, 6.45) is 7.69. The molecule has 1 saturated heterocycles. The molecule has 3 aromatic rings. The van der Waals surface area contributed by atoms with Crippen LogP contribution in [0.2, 0.25) is 0 Å². The van der Waals surface area contributed by atoms with Crippen LogP contribution in [-0.2, 0) is 28.1 Å². The van der Waals surface area contributed by atoms with Crippen molar-refractivity contribution >= 4 is 5.91 Å². The number of benzene rings is 1. The third-order valence-corrected chi connectivity index (χ3v) is 6.22. The molecule has 0 N–H and O–H groups in total. The van der Waals surface area contributed by atoms with E-state index in [1.165, 1.54) is 11.9 Å². The first-order valence-corrected chi connectivity index (χ1v) is 10.5. The SMILES string of the molecule is CC(Cn1cncn1)C(=O)N1CCC2(CC1)OCCc1cn(-c3ccccc3)nc12. The van der Waals surface area contributed by atoms with Crippen molar-refractivity contribution in [2.45, 2.75) is 38.3 Å². The summed E-state index contributed by atoms with van der Waals surface area (Å²) in [6, 6.07) is 10.2. The summed E-state index contributed by atoms with van der Waals surface area (Å²) in [4.78, 5) is 18.8. The Morgan fingerprint density at radius 1 is 1.23 bits per heavy atom. The lowest BCUT2D eigenvalue weighted by Crippen LogP contribution is -2.50. The Bertz CT molecular complexity index is 1010. The van der Waals surface area contributed by atoms with Gasteiger partial charge in [0, 0.05) is 19.3 Å². The van der Waals surface area contributed by atoms with Crippen LogP contribution >= 0.6 is 0 Å². The van der Waals surface area contributed by atoms with E-state index in [-0.39, 0.29) is 17.4 Å². The fourth-order valence-corrected chi connectivity index (χ4v) is 4.58. The van der Waals surface area contributed by atoms with Gasteiger partial charge in [-0.15, -0.1) is 0 Å². The number of hydrogen-bond acceptors (Lipinski definition) is 5. The largest absolute Gasteiger partial charge is 0.368 e. The summed E-state index contributed by atoms with van der Waals surface area (Å²) in [6.45, 7) is 4.55. The molecule has 0 bridgehead atoms. The number of carbonyl (C=O) groups is 1. The average molecular weight is 406 g/mol. The number of likely N-dealkylation sites (tertiary alicyclic amines) is 1. The highest BCUT2D eigenvalue weighted by atomic mass is 16.5. The summed E-state index contributed by atoms with van der Waals surface area (Å²) in [5, 5.41) is 9.03. The van der Waals surface area contributed by atoms with Gasteiger partial charge in [0.1, 0.15) is 18.3 Å². The highest BCUT2D eigenvalue weighted by molar-refractivity contribution is 5.78. The molecule has 0 aliphatic carbocycles. The molecule has 2 aliphatic rings. The van der Waals surface area contributed by atoms with Crippen molar-refractivity contribution in [1.82, 2.24) is 29.4 Å². The summed E-state index contributed by atoms with van der Waals surface area (Å²) in [5.41, 5.74) is 2.96. The van der Waals surface area contributed by atoms with Gasteiger partial charge in [-0.2, -0.15) is 10.2 Å². The molecule has 0 radical (unpaired) electrons. The molecule has 2 aromatic heterocycles. The number of rotatable bonds is 4. The highest BCUT2D eigenvalue weighted by Crippen LogP contribution is 2.41. The fraction of sp³-hybridized carbons (Fsp3) is 0.455. The minimum absolute atomic E-state index is 0.138. The van der Waals surface area contributed by atoms with Gasteiger partial charge < -0.3 is 9.64 Å². The van der Waals surface area contributed by atoms with E-state index >= 15 is 0 Å². The lowest BCUT2D eigenvalue weighted by atomic mass is 9.83. The number of ether oxygens (including phenoxy) is 1. The molecule has 8 heteroatoms. The van der Waals surface area contributed by atoms with Crippen LogP contribution in [0, 0.1) is 5.92 Å². The van der Waals surface area contributed by atoms with Crippen molar-refractivity contribution in [3.05, 3.63) is 60.4 Å². The molecule has 1 amide bonds. The van der Waals surface area contributed by atoms with Gasteiger partial charge in [-0.3, -0.25) is 9.48 Å². The molecule has 156 valence electrons. The molecule has 1 fully saturated rings. The van der Waals surface area contributed by atoms with Crippen molar-refractivity contribution in [3.63, 3.8) is 0 Å². The molecule has 4 heterocycles. The van der Waals surface area contributed by atoms with Crippen LogP contribution in [0.5, 0.6) is 0 Å². The molecular weight excluding hydrogens is 380 g/mol. The minimum atomic E-state index is -0.389. The Kier molecular flexibility index (Phi) is 4.86. The first-order valence-electron chi connectivity index (χ1n) is 10.5. The van der Waals surface area contributed by atoms with Crippen molar-refractivity contribution in [2.24, 2.45) is 5.92 Å². The van der Waals surface area contributed by atoms with E-state index in [0.717, 1.165) is 30.6 Å². The molecule has 1 aromatic carbocycles. The second-order valence-electron chi connectivity index (χ2n) is 8.22. The zero-order chi connectivity index (χ0) is 20.6. The molecule has 8 nitrogen and oxygen atoms in total. The van der Waals surface area contributed by atoms with Crippen molar-refractivity contribution in [2.75, 3.05) is 19.7 Å². The minimum Gasteiger partial charge on any atom is -0.368 e. The number of amides is 1. The summed E-state index contributed by atoms with van der Waals surface area (Å²) in [7, 11) is 0. The number of para-hydroxylation sites is 1. The molecule has 2 aliphatic heterocycles. The van der Waals surface area contributed by atoms with Gasteiger partial charge in [0.15, 0.2) is 0 Å². The van der Waals surface area contributed by atoms with Gasteiger partial charge in [0.2, 0.25) is 5.91 Å². The van der Waals surface area contributed by atoms with Gasteiger partial charge in [0.05, 0.1) is 30.5 Å². The zero-order valence-corrected chi connectivity index (χ0v) is 17.1. The maximum absolute atomic E-state index is 12.9. The molecule has 1 unspecified atom stereocenters. The van der Waals surface area contributed by atoms with E-state index in [1.807, 2.05) is 34.7 Å². The first-order chi connectivity index (χ1) is 14.6. The van der Waals surface area contributed by atoms with Crippen LogP contribution in [0.1, 0.15) is 31.0 Å². The van der Waals surface area contributed by atoms with Crippen LogP contribution in [-0.4, -0.2) is 55.0 Å². The predicted octanol–water partition coefficient (Wildman–Crippen LogP) is 2.19. The van der Waals surface area contributed by atoms with Crippen LogP contribution in [0.4, 0.5) is 0 Å². The van der Waals surface area contributed by atoms with E-state index < -0.39 is 0 Å². The summed E-state index contributed by atoms with van der Waals surface area (Å²) in [5.74, 6) is 0.0204. The lowest BCUT2D eigenvalue weighted by molar-refractivity contribution is -0.145. The predicted molar refractivity (Wildman–Crippen MR) is 110 cm³/mol. The third-order valence-electron chi connectivity index (χ3n) is 6.22. The van der Waals surface area contributed by atoms with Crippen LogP contribution in [0.3, 0.4) is 0 Å². The number of fused-ring (bicyclic) bond motifs is 2. The van der Waals surface area contributed by atoms with Crippen molar-refractivity contribution < 1.29 is 9.53 Å². The first kappa shape index (κ1) is 19.0. The maximum Gasteiger partial charge on any atom is 0.227 e. The van der Waals surface area contributed by atoms with Gasteiger partial charge in [-0.05, 0) is 37.0 Å². The Morgan fingerprint density at radius 3 is 2.77 bits per heavy atom. The Labute approximate surface area is 175 Å². The number of aromatic nitrogens is 5. The number of carbonyl (C=O) groups excluding carboxylic acids is 1. The number of nitrogens with zero attached hydrogens (tertiary/aromatic N) is 6. The van der Waals surface area contributed by atoms with Gasteiger partial charge in [0.25, 0.3) is 0 Å². The Hall–Kier alpha value is -3.00. The molecule has 1 spiro atoms. The highest BCUT2D eigenvalue weighted by Gasteiger charge is 2.44. The van der Waals surface area contributed by atoms with Crippen molar-refractivity contribution in [1.29, 1.82) is 0 Å². The topological polar surface area (TPSA) is 78.1 Å². The normalized spacial score (nSPS) is 18.9. The quantitative estimate of drug-likeness (QED) is 0.664. The molecule has 1 atom stereocenters. The van der Waals surface area contributed by atoms with Gasteiger partial charge in [-0.1, -0.05) is 25.1 Å². The maximum atomic E-state index is 12.9. The molecule has 30 heavy (non-hydrogen) atoms. The Morgan fingerprint density at radius 2 is 2.03 bits per heavy atom. The van der Waals surface area contributed by atoms with Gasteiger partial charge in [-0.25, -0.2) is 9.67 Å². The standard InChI is InChI=1S/C22H26N6O2/c1-17(13-27-16-23-15-24-27)21(29)26-10-8-22(9-11-26)20-18(7-12-30-22)14-28(25-20)19-5-3-2-4-6-19/h2-6,14-17H,7-13H2,1H3. The van der Waals surface area contributed by atoms with Crippen LogP contribution in [0.25, 0.3) is 5.69 Å². The van der Waals surface area contributed by atoms with E-state index in [2.05, 4.69) is 28.4 Å². The molecule has 5 rings (SSSR count). The van der Waals surface area contributed by atoms with E-state index in [0.29, 0.717) is 26.2 Å². The molecular formula is C22H26N6O2. The fourth-order valence-electron chi connectivity index (χ4n) is 4.58. The second-order valence-corrected chi connectivity index (χ2v) is 8.22. The van der Waals surface area contributed by atoms with Gasteiger partial charge >= 0.3 is 0 Å².